The summed E-state index contributed by atoms with van der Waals surface area (Å²) in [4.78, 5) is 12.1. The van der Waals surface area contributed by atoms with Gasteiger partial charge in [0.15, 0.2) is 0 Å². The van der Waals surface area contributed by atoms with Gasteiger partial charge < -0.3 is 5.32 Å². The summed E-state index contributed by atoms with van der Waals surface area (Å²) in [5.41, 5.74) is 0.916. The van der Waals surface area contributed by atoms with Crippen LogP contribution in [0.2, 0.25) is 0 Å². The van der Waals surface area contributed by atoms with Gasteiger partial charge in [0.25, 0.3) is 0 Å². The average Bonchev–Trinajstić information content (AvgIpc) is 3.06. The van der Waals surface area contributed by atoms with Gasteiger partial charge in [-0.1, -0.05) is 6.42 Å². The molecule has 4 atom stereocenters. The maximum Gasteiger partial charge on any atom is 0.241 e. The lowest BCUT2D eigenvalue weighted by Gasteiger charge is -2.28. The SMILES string of the molecule is Cc1nn(CC(=O)N[C@@H](C)[C@H]2C[C@@H]3CC[C@@H]2C3)cc1Br. The molecule has 110 valence electrons. The molecule has 2 saturated carbocycles. The second-order valence-electron chi connectivity index (χ2n) is 6.45. The molecule has 2 bridgehead atoms. The van der Waals surface area contributed by atoms with Crippen molar-refractivity contribution in [3.8, 4) is 0 Å². The average molecular weight is 340 g/mol. The van der Waals surface area contributed by atoms with Crippen LogP contribution in [0.1, 0.15) is 38.3 Å². The van der Waals surface area contributed by atoms with Crippen molar-refractivity contribution >= 4 is 21.8 Å². The molecule has 1 N–H and O–H groups in total. The van der Waals surface area contributed by atoms with Gasteiger partial charge in [0, 0.05) is 12.2 Å². The summed E-state index contributed by atoms with van der Waals surface area (Å²) in [6.07, 6.45) is 7.31. The lowest BCUT2D eigenvalue weighted by molar-refractivity contribution is -0.122. The molecule has 2 aliphatic rings. The van der Waals surface area contributed by atoms with E-state index in [1.807, 2.05) is 13.1 Å². The number of fused-ring (bicyclic) bond motifs is 2. The minimum absolute atomic E-state index is 0.0651. The molecule has 4 nitrogen and oxygen atoms in total. The molecule has 0 aromatic carbocycles. The fourth-order valence-corrected chi connectivity index (χ4v) is 4.35. The first-order valence-corrected chi connectivity index (χ1v) is 8.31. The van der Waals surface area contributed by atoms with Gasteiger partial charge in [-0.2, -0.15) is 5.10 Å². The van der Waals surface area contributed by atoms with Crippen LogP contribution >= 0.6 is 15.9 Å². The molecule has 0 unspecified atom stereocenters. The van der Waals surface area contributed by atoms with Gasteiger partial charge in [-0.25, -0.2) is 0 Å². The van der Waals surface area contributed by atoms with Crippen LogP contribution in [0.5, 0.6) is 0 Å². The number of carbonyl (C=O) groups excluding carboxylic acids is 1. The molecule has 0 saturated heterocycles. The van der Waals surface area contributed by atoms with Crippen molar-refractivity contribution in [1.82, 2.24) is 15.1 Å². The normalized spacial score (nSPS) is 29.6. The lowest BCUT2D eigenvalue weighted by Crippen LogP contribution is -2.41. The first kappa shape index (κ1) is 14.1. The van der Waals surface area contributed by atoms with E-state index in [-0.39, 0.29) is 11.9 Å². The van der Waals surface area contributed by atoms with Gasteiger partial charge in [-0.05, 0) is 66.8 Å². The van der Waals surface area contributed by atoms with Crippen LogP contribution in [0.3, 0.4) is 0 Å². The zero-order valence-corrected chi connectivity index (χ0v) is 13.7. The number of hydrogen-bond acceptors (Lipinski definition) is 2. The van der Waals surface area contributed by atoms with Crippen LogP contribution < -0.4 is 5.32 Å². The topological polar surface area (TPSA) is 46.9 Å². The number of nitrogens with one attached hydrogen (secondary N) is 1. The zero-order chi connectivity index (χ0) is 14.3. The maximum atomic E-state index is 12.1. The van der Waals surface area contributed by atoms with Crippen molar-refractivity contribution in [2.24, 2.45) is 17.8 Å². The van der Waals surface area contributed by atoms with E-state index in [2.05, 4.69) is 33.3 Å². The summed E-state index contributed by atoms with van der Waals surface area (Å²) in [6, 6.07) is 0.290. The molecule has 2 aliphatic carbocycles. The molecular weight excluding hydrogens is 318 g/mol. The molecule has 0 aliphatic heterocycles. The molecule has 1 heterocycles. The summed E-state index contributed by atoms with van der Waals surface area (Å²) >= 11 is 3.42. The number of halogens is 1. The summed E-state index contributed by atoms with van der Waals surface area (Å²) in [5, 5.41) is 7.47. The highest BCUT2D eigenvalue weighted by Gasteiger charge is 2.42. The summed E-state index contributed by atoms with van der Waals surface area (Å²) < 4.78 is 2.65. The smallest absolute Gasteiger partial charge is 0.241 e. The molecule has 3 rings (SSSR count). The van der Waals surface area contributed by atoms with E-state index in [1.54, 1.807) is 4.68 Å². The minimum atomic E-state index is 0.0651. The third-order valence-corrected chi connectivity index (χ3v) is 5.79. The Morgan fingerprint density at radius 3 is 2.90 bits per heavy atom. The Kier molecular flexibility index (Phi) is 3.89. The molecule has 20 heavy (non-hydrogen) atoms. The fraction of sp³-hybridized carbons (Fsp3) is 0.733. The van der Waals surface area contributed by atoms with Gasteiger partial charge in [0.1, 0.15) is 6.54 Å². The fourth-order valence-electron chi connectivity index (χ4n) is 4.03. The minimum Gasteiger partial charge on any atom is -0.352 e. The third kappa shape index (κ3) is 2.78. The van der Waals surface area contributed by atoms with Crippen LogP contribution in [0.25, 0.3) is 0 Å². The van der Waals surface area contributed by atoms with Gasteiger partial charge in [0.2, 0.25) is 5.91 Å². The number of aryl methyl sites for hydroxylation is 1. The quantitative estimate of drug-likeness (QED) is 0.916. The van der Waals surface area contributed by atoms with Crippen LogP contribution in [0.4, 0.5) is 0 Å². The monoisotopic (exact) mass is 339 g/mol. The standard InChI is InChI=1S/C15H22BrN3O/c1-9(13-6-11-3-4-12(13)5-11)17-15(20)8-19-7-14(16)10(2)18-19/h7,9,11-13H,3-6,8H2,1-2H3,(H,17,20)/t9-,11+,12+,13+/m0/s1. The summed E-state index contributed by atoms with van der Waals surface area (Å²) in [5.74, 6) is 2.52. The summed E-state index contributed by atoms with van der Waals surface area (Å²) in [7, 11) is 0. The molecule has 2 fully saturated rings. The number of nitrogens with zero attached hydrogens (tertiary/aromatic N) is 2. The lowest BCUT2D eigenvalue weighted by atomic mass is 9.84. The van der Waals surface area contributed by atoms with Crippen molar-refractivity contribution in [3.63, 3.8) is 0 Å². The molecule has 0 spiro atoms. The number of aromatic nitrogens is 2. The molecule has 5 heteroatoms. The van der Waals surface area contributed by atoms with E-state index >= 15 is 0 Å². The Labute approximate surface area is 128 Å². The largest absolute Gasteiger partial charge is 0.352 e. The van der Waals surface area contributed by atoms with Crippen molar-refractivity contribution in [2.75, 3.05) is 0 Å². The molecule has 1 amide bonds. The van der Waals surface area contributed by atoms with E-state index in [0.29, 0.717) is 12.5 Å². The highest BCUT2D eigenvalue weighted by molar-refractivity contribution is 9.10. The highest BCUT2D eigenvalue weighted by Crippen LogP contribution is 2.49. The van der Waals surface area contributed by atoms with Gasteiger partial charge in [-0.3, -0.25) is 9.48 Å². The first-order valence-electron chi connectivity index (χ1n) is 7.52. The zero-order valence-electron chi connectivity index (χ0n) is 12.1. The number of amides is 1. The first-order chi connectivity index (χ1) is 9.52. The van der Waals surface area contributed by atoms with E-state index in [1.165, 1.54) is 25.7 Å². The van der Waals surface area contributed by atoms with Gasteiger partial charge in [-0.15, -0.1) is 0 Å². The Hall–Kier alpha value is -0.840. The van der Waals surface area contributed by atoms with Crippen LogP contribution in [0.15, 0.2) is 10.7 Å². The van der Waals surface area contributed by atoms with Crippen molar-refractivity contribution < 1.29 is 4.79 Å². The van der Waals surface area contributed by atoms with Crippen LogP contribution in [0, 0.1) is 24.7 Å². The number of carbonyl (C=O) groups is 1. The van der Waals surface area contributed by atoms with E-state index < -0.39 is 0 Å². The van der Waals surface area contributed by atoms with E-state index in [0.717, 1.165) is 22.0 Å². The maximum absolute atomic E-state index is 12.1. The van der Waals surface area contributed by atoms with Gasteiger partial charge in [0.05, 0.1) is 10.2 Å². The predicted molar refractivity (Wildman–Crippen MR) is 81.2 cm³/mol. The molecule has 1 aromatic rings. The Morgan fingerprint density at radius 2 is 2.35 bits per heavy atom. The van der Waals surface area contributed by atoms with Crippen molar-refractivity contribution in [1.29, 1.82) is 0 Å². The van der Waals surface area contributed by atoms with Crippen molar-refractivity contribution in [3.05, 3.63) is 16.4 Å². The number of hydrogen-bond donors (Lipinski definition) is 1. The van der Waals surface area contributed by atoms with Crippen LogP contribution in [-0.4, -0.2) is 21.7 Å². The highest BCUT2D eigenvalue weighted by atomic mass is 79.9. The van der Waals surface area contributed by atoms with E-state index in [9.17, 15) is 4.79 Å². The van der Waals surface area contributed by atoms with Gasteiger partial charge >= 0.3 is 0 Å². The Balaban J connectivity index is 1.53. The van der Waals surface area contributed by atoms with Crippen LogP contribution in [-0.2, 0) is 11.3 Å². The summed E-state index contributed by atoms with van der Waals surface area (Å²) in [6.45, 7) is 4.39. The number of rotatable bonds is 4. The Morgan fingerprint density at radius 1 is 1.55 bits per heavy atom. The second kappa shape index (κ2) is 5.51. The predicted octanol–water partition coefficient (Wildman–Crippen LogP) is 2.89. The van der Waals surface area contributed by atoms with Crippen molar-refractivity contribution in [2.45, 2.75) is 52.1 Å². The third-order valence-electron chi connectivity index (χ3n) is 5.02. The molecule has 0 radical (unpaired) electrons. The Bertz CT molecular complexity index is 494. The molecule has 1 aromatic heterocycles. The second-order valence-corrected chi connectivity index (χ2v) is 7.31. The van der Waals surface area contributed by atoms with E-state index in [4.69, 9.17) is 0 Å². The molecular formula is C15H22BrN3O.